The number of hydrogen-bond donors (Lipinski definition) is 4. The summed E-state index contributed by atoms with van der Waals surface area (Å²) in [4.78, 5) is 33.3. The fourth-order valence-electron chi connectivity index (χ4n) is 4.68. The second-order valence-corrected chi connectivity index (χ2v) is 8.55. The second kappa shape index (κ2) is 8.96. The summed E-state index contributed by atoms with van der Waals surface area (Å²) in [5.74, 6) is 0.212. The third-order valence-electron chi connectivity index (χ3n) is 6.28. The molecule has 7 nitrogen and oxygen atoms in total. The topological polar surface area (TPSA) is 98.9 Å². The van der Waals surface area contributed by atoms with Gasteiger partial charge in [0.15, 0.2) is 5.78 Å². The molecule has 2 aromatic heterocycles. The molecule has 1 unspecified atom stereocenters. The Hall–Kier alpha value is -3.45. The van der Waals surface area contributed by atoms with Crippen LogP contribution in [-0.4, -0.2) is 40.8 Å². The smallest absolute Gasteiger partial charge is 0.237 e. The van der Waals surface area contributed by atoms with Gasteiger partial charge in [0.1, 0.15) is 0 Å². The summed E-state index contributed by atoms with van der Waals surface area (Å²) in [6.45, 7) is 1.40. The maximum absolute atomic E-state index is 13.3. The highest BCUT2D eigenvalue weighted by molar-refractivity contribution is 6.07. The van der Waals surface area contributed by atoms with Crippen LogP contribution in [0.3, 0.4) is 0 Å². The predicted octanol–water partition coefficient (Wildman–Crippen LogP) is 3.43. The molecule has 1 aliphatic carbocycles. The van der Waals surface area contributed by atoms with Gasteiger partial charge in [0.25, 0.3) is 0 Å². The fourth-order valence-corrected chi connectivity index (χ4v) is 4.68. The second-order valence-electron chi connectivity index (χ2n) is 8.55. The van der Waals surface area contributed by atoms with Gasteiger partial charge in [0.05, 0.1) is 23.0 Å². The number of ketones is 1. The highest BCUT2D eigenvalue weighted by atomic mass is 16.2. The van der Waals surface area contributed by atoms with Crippen LogP contribution in [0.1, 0.15) is 35.3 Å². The molecular formula is C25H27N5O2. The van der Waals surface area contributed by atoms with E-state index >= 15 is 0 Å². The molecule has 0 spiro atoms. The average molecular weight is 430 g/mol. The number of nitrogens with one attached hydrogen (secondary N) is 4. The number of para-hydroxylation sites is 1. The third-order valence-corrected chi connectivity index (χ3v) is 6.28. The zero-order valence-electron chi connectivity index (χ0n) is 17.9. The highest BCUT2D eigenvalue weighted by Gasteiger charge is 2.32. The molecule has 164 valence electrons. The number of rotatable bonds is 6. The van der Waals surface area contributed by atoms with E-state index in [2.05, 4.69) is 25.9 Å². The molecule has 2 atom stereocenters. The maximum Gasteiger partial charge on any atom is 0.237 e. The largest absolute Gasteiger partial charge is 0.356 e. The minimum Gasteiger partial charge on any atom is -0.356 e. The summed E-state index contributed by atoms with van der Waals surface area (Å²) < 4.78 is 0. The lowest BCUT2D eigenvalue weighted by Gasteiger charge is -2.23. The number of aromatic amines is 1. The van der Waals surface area contributed by atoms with E-state index in [0.717, 1.165) is 53.3 Å². The van der Waals surface area contributed by atoms with Crippen LogP contribution in [0.15, 0.2) is 54.9 Å². The van der Waals surface area contributed by atoms with Gasteiger partial charge < -0.3 is 20.9 Å². The van der Waals surface area contributed by atoms with Crippen molar-refractivity contribution in [1.82, 2.24) is 20.6 Å². The molecular weight excluding hydrogens is 402 g/mol. The Morgan fingerprint density at radius 2 is 1.91 bits per heavy atom. The Balaban J connectivity index is 1.41. The van der Waals surface area contributed by atoms with E-state index in [1.165, 1.54) is 0 Å². The van der Waals surface area contributed by atoms with Crippen LogP contribution in [0.4, 0.5) is 11.4 Å². The number of amides is 1. The lowest BCUT2D eigenvalue weighted by Crippen LogP contribution is -2.43. The minimum absolute atomic E-state index is 0.0381. The van der Waals surface area contributed by atoms with Crippen LogP contribution in [0.5, 0.6) is 0 Å². The zero-order chi connectivity index (χ0) is 21.9. The standard InChI is InChI=1S/C25H27N5O2/c31-21-14-16(15-28-25(32)19-7-4-10-27-19)13-20-22(21)24(29-18-5-2-1-3-6-18)23(30-20)17-8-11-26-12-9-17/h1-3,5-6,8-9,11-12,16,19,27,29-30H,4,7,10,13-15H2,(H,28,32)/t16?,19-/m0/s1. The number of Topliss-reactive ketones (excluding diaryl/α,β-unsaturated/α-hetero) is 1. The molecule has 7 heteroatoms. The van der Waals surface area contributed by atoms with Gasteiger partial charge in [0, 0.05) is 42.3 Å². The van der Waals surface area contributed by atoms with Crippen molar-refractivity contribution in [3.05, 3.63) is 66.1 Å². The van der Waals surface area contributed by atoms with E-state index in [1.807, 2.05) is 42.5 Å². The van der Waals surface area contributed by atoms with E-state index in [-0.39, 0.29) is 23.7 Å². The molecule has 1 aliphatic heterocycles. The Kier molecular flexibility index (Phi) is 5.73. The number of pyridine rings is 1. The lowest BCUT2D eigenvalue weighted by molar-refractivity contribution is -0.123. The number of anilines is 2. The molecule has 1 fully saturated rings. The van der Waals surface area contributed by atoms with Crippen LogP contribution < -0.4 is 16.0 Å². The number of benzene rings is 1. The number of fused-ring (bicyclic) bond motifs is 1. The summed E-state index contributed by atoms with van der Waals surface area (Å²) in [7, 11) is 0. The maximum atomic E-state index is 13.3. The SMILES string of the molecule is O=C1CC(CNC(=O)[C@@H]2CCCN2)Cc2[nH]c(-c3ccncc3)c(Nc3ccccc3)c21. The van der Waals surface area contributed by atoms with Crippen molar-refractivity contribution in [2.45, 2.75) is 31.7 Å². The first-order valence-corrected chi connectivity index (χ1v) is 11.2. The van der Waals surface area contributed by atoms with E-state index in [9.17, 15) is 9.59 Å². The van der Waals surface area contributed by atoms with Crippen molar-refractivity contribution in [3.63, 3.8) is 0 Å². The van der Waals surface area contributed by atoms with Gasteiger partial charge in [-0.05, 0) is 56.0 Å². The molecule has 2 aliphatic rings. The quantitative estimate of drug-likeness (QED) is 0.481. The van der Waals surface area contributed by atoms with Gasteiger partial charge in [-0.15, -0.1) is 0 Å². The summed E-state index contributed by atoms with van der Waals surface area (Å²) in [5.41, 5.74) is 5.23. The lowest BCUT2D eigenvalue weighted by atomic mass is 9.86. The van der Waals surface area contributed by atoms with Crippen LogP contribution in [0.2, 0.25) is 0 Å². The molecule has 1 aromatic carbocycles. The molecule has 0 saturated carbocycles. The molecule has 3 aromatic rings. The first-order valence-electron chi connectivity index (χ1n) is 11.2. The van der Waals surface area contributed by atoms with Crippen LogP contribution in [0.25, 0.3) is 11.3 Å². The van der Waals surface area contributed by atoms with E-state index in [4.69, 9.17) is 0 Å². The number of hydrogen-bond acceptors (Lipinski definition) is 5. The molecule has 1 saturated heterocycles. The van der Waals surface area contributed by atoms with Crippen molar-refractivity contribution in [2.24, 2.45) is 5.92 Å². The summed E-state index contributed by atoms with van der Waals surface area (Å²) in [5, 5.41) is 9.73. The summed E-state index contributed by atoms with van der Waals surface area (Å²) in [6.07, 6.45) is 6.54. The van der Waals surface area contributed by atoms with E-state index in [0.29, 0.717) is 19.4 Å². The van der Waals surface area contributed by atoms with Crippen LogP contribution in [0, 0.1) is 5.92 Å². The highest BCUT2D eigenvalue weighted by Crippen LogP contribution is 2.39. The Morgan fingerprint density at radius 3 is 2.66 bits per heavy atom. The molecule has 4 N–H and O–H groups in total. The fraction of sp³-hybridized carbons (Fsp3) is 0.320. The third kappa shape index (κ3) is 4.16. The van der Waals surface area contributed by atoms with Crippen molar-refractivity contribution >= 4 is 23.1 Å². The zero-order valence-corrected chi connectivity index (χ0v) is 17.9. The minimum atomic E-state index is -0.102. The molecule has 3 heterocycles. The number of H-pyrrole nitrogens is 1. The van der Waals surface area contributed by atoms with E-state index < -0.39 is 0 Å². The predicted molar refractivity (Wildman–Crippen MR) is 124 cm³/mol. The summed E-state index contributed by atoms with van der Waals surface area (Å²) in [6, 6.07) is 13.6. The molecule has 5 rings (SSSR count). The summed E-state index contributed by atoms with van der Waals surface area (Å²) >= 11 is 0. The number of nitrogens with zero attached hydrogens (tertiary/aromatic N) is 1. The van der Waals surface area contributed by atoms with Gasteiger partial charge in [-0.1, -0.05) is 18.2 Å². The normalized spacial score (nSPS) is 20.1. The van der Waals surface area contributed by atoms with E-state index in [1.54, 1.807) is 12.4 Å². The number of carbonyl (C=O) groups is 2. The average Bonchev–Trinajstić information content (AvgIpc) is 3.48. The van der Waals surface area contributed by atoms with Gasteiger partial charge in [-0.25, -0.2) is 0 Å². The first kappa shape index (κ1) is 20.5. The molecule has 32 heavy (non-hydrogen) atoms. The van der Waals surface area contributed by atoms with Crippen molar-refractivity contribution < 1.29 is 9.59 Å². The van der Waals surface area contributed by atoms with Gasteiger partial charge in [-0.3, -0.25) is 14.6 Å². The van der Waals surface area contributed by atoms with Crippen molar-refractivity contribution in [2.75, 3.05) is 18.4 Å². The van der Waals surface area contributed by atoms with Gasteiger partial charge in [-0.2, -0.15) is 0 Å². The Labute approximate surface area is 187 Å². The van der Waals surface area contributed by atoms with Crippen LogP contribution >= 0.6 is 0 Å². The van der Waals surface area contributed by atoms with Crippen molar-refractivity contribution in [3.8, 4) is 11.3 Å². The van der Waals surface area contributed by atoms with Crippen molar-refractivity contribution in [1.29, 1.82) is 0 Å². The first-order chi connectivity index (χ1) is 15.7. The number of carbonyl (C=O) groups excluding carboxylic acids is 2. The Morgan fingerprint density at radius 1 is 1.09 bits per heavy atom. The van der Waals surface area contributed by atoms with Gasteiger partial charge in [0.2, 0.25) is 5.91 Å². The monoisotopic (exact) mass is 429 g/mol. The Bertz CT molecular complexity index is 1100. The number of aromatic nitrogens is 2. The van der Waals surface area contributed by atoms with Crippen LogP contribution in [-0.2, 0) is 11.2 Å². The molecule has 1 amide bonds. The molecule has 0 bridgehead atoms. The molecule has 0 radical (unpaired) electrons. The van der Waals surface area contributed by atoms with Gasteiger partial charge >= 0.3 is 0 Å².